The first-order valence-corrected chi connectivity index (χ1v) is 6.07. The average molecular weight is 210 g/mol. The van der Waals surface area contributed by atoms with Crippen LogP contribution in [0.4, 0.5) is 0 Å². The Morgan fingerprint density at radius 1 is 1.20 bits per heavy atom. The van der Waals surface area contributed by atoms with E-state index in [4.69, 9.17) is 5.73 Å². The molecule has 2 unspecified atom stereocenters. The maximum Gasteiger partial charge on any atom is 0.242 e. The van der Waals surface area contributed by atoms with Gasteiger partial charge in [0.05, 0.1) is 5.54 Å². The SMILES string of the molecule is CC(C)(N)C(=O)N1CC2CCCCC2C1. The van der Waals surface area contributed by atoms with Gasteiger partial charge in [0.1, 0.15) is 0 Å². The molecule has 2 fully saturated rings. The van der Waals surface area contributed by atoms with Crippen molar-refractivity contribution in [3.8, 4) is 0 Å². The Kier molecular flexibility index (Phi) is 2.75. The second-order valence-corrected chi connectivity index (χ2v) is 5.74. The Morgan fingerprint density at radius 2 is 1.67 bits per heavy atom. The van der Waals surface area contributed by atoms with Gasteiger partial charge in [-0.15, -0.1) is 0 Å². The smallest absolute Gasteiger partial charge is 0.242 e. The van der Waals surface area contributed by atoms with Crippen LogP contribution in [0.3, 0.4) is 0 Å². The normalized spacial score (nSPS) is 31.5. The minimum absolute atomic E-state index is 0.122. The second-order valence-electron chi connectivity index (χ2n) is 5.74. The number of hydrogen-bond acceptors (Lipinski definition) is 2. The molecule has 2 N–H and O–H groups in total. The summed E-state index contributed by atoms with van der Waals surface area (Å²) < 4.78 is 0. The highest BCUT2D eigenvalue weighted by Gasteiger charge is 2.39. The third-order valence-electron chi connectivity index (χ3n) is 3.81. The van der Waals surface area contributed by atoms with Crippen molar-refractivity contribution in [3.05, 3.63) is 0 Å². The van der Waals surface area contributed by atoms with Crippen LogP contribution in [0.15, 0.2) is 0 Å². The molecule has 2 rings (SSSR count). The molecule has 1 saturated carbocycles. The topological polar surface area (TPSA) is 46.3 Å². The lowest BCUT2D eigenvalue weighted by Gasteiger charge is -2.25. The fourth-order valence-electron chi connectivity index (χ4n) is 2.98. The Balaban J connectivity index is 2.00. The summed E-state index contributed by atoms with van der Waals surface area (Å²) in [5, 5.41) is 0. The monoisotopic (exact) mass is 210 g/mol. The predicted molar refractivity (Wildman–Crippen MR) is 60.3 cm³/mol. The molecule has 3 nitrogen and oxygen atoms in total. The molecule has 2 aliphatic rings. The summed E-state index contributed by atoms with van der Waals surface area (Å²) in [6, 6.07) is 0. The van der Waals surface area contributed by atoms with Gasteiger partial charge in [0.2, 0.25) is 5.91 Å². The van der Waals surface area contributed by atoms with E-state index in [2.05, 4.69) is 0 Å². The zero-order chi connectivity index (χ0) is 11.1. The van der Waals surface area contributed by atoms with E-state index in [0.29, 0.717) is 0 Å². The molecule has 86 valence electrons. The van der Waals surface area contributed by atoms with Crippen molar-refractivity contribution in [2.24, 2.45) is 17.6 Å². The zero-order valence-corrected chi connectivity index (χ0v) is 9.83. The Hall–Kier alpha value is -0.570. The lowest BCUT2D eigenvalue weighted by molar-refractivity contribution is -0.134. The molecule has 0 aromatic carbocycles. The van der Waals surface area contributed by atoms with Gasteiger partial charge in [-0.25, -0.2) is 0 Å². The Bertz CT molecular complexity index is 243. The summed E-state index contributed by atoms with van der Waals surface area (Å²) in [5.41, 5.74) is 5.16. The standard InChI is InChI=1S/C12H22N2O/c1-12(2,13)11(15)14-7-9-5-3-4-6-10(9)8-14/h9-10H,3-8,13H2,1-2H3. The first-order chi connectivity index (χ1) is 6.98. The van der Waals surface area contributed by atoms with Gasteiger partial charge in [-0.2, -0.15) is 0 Å². The molecule has 1 aliphatic carbocycles. The van der Waals surface area contributed by atoms with E-state index in [9.17, 15) is 4.79 Å². The zero-order valence-electron chi connectivity index (χ0n) is 9.83. The van der Waals surface area contributed by atoms with E-state index < -0.39 is 5.54 Å². The summed E-state index contributed by atoms with van der Waals surface area (Å²) in [5.74, 6) is 1.63. The third kappa shape index (κ3) is 2.17. The van der Waals surface area contributed by atoms with Gasteiger partial charge in [0, 0.05) is 13.1 Å². The first-order valence-electron chi connectivity index (χ1n) is 6.07. The maximum absolute atomic E-state index is 12.0. The molecule has 1 heterocycles. The molecule has 0 radical (unpaired) electrons. The largest absolute Gasteiger partial charge is 0.341 e. The molecule has 1 aliphatic heterocycles. The number of rotatable bonds is 1. The molecule has 0 aromatic rings. The van der Waals surface area contributed by atoms with E-state index in [1.807, 2.05) is 4.90 Å². The number of amides is 1. The van der Waals surface area contributed by atoms with Crippen molar-refractivity contribution in [1.82, 2.24) is 4.90 Å². The van der Waals surface area contributed by atoms with Gasteiger partial charge in [0.15, 0.2) is 0 Å². The molecule has 0 aromatic heterocycles. The lowest BCUT2D eigenvalue weighted by Crippen LogP contribution is -2.50. The fraction of sp³-hybridized carbons (Fsp3) is 0.917. The van der Waals surface area contributed by atoms with Crippen molar-refractivity contribution in [2.75, 3.05) is 13.1 Å². The summed E-state index contributed by atoms with van der Waals surface area (Å²) in [7, 11) is 0. The molecule has 0 bridgehead atoms. The highest BCUT2D eigenvalue weighted by Crippen LogP contribution is 2.36. The molecule has 0 spiro atoms. The number of hydrogen-bond donors (Lipinski definition) is 1. The van der Waals surface area contributed by atoms with Crippen molar-refractivity contribution < 1.29 is 4.79 Å². The molecular weight excluding hydrogens is 188 g/mol. The number of carbonyl (C=O) groups is 1. The maximum atomic E-state index is 12.0. The molecule has 2 atom stereocenters. The lowest BCUT2D eigenvalue weighted by atomic mass is 9.82. The number of fused-ring (bicyclic) bond motifs is 1. The summed E-state index contributed by atoms with van der Waals surface area (Å²) in [6.45, 7) is 5.50. The number of likely N-dealkylation sites (tertiary alicyclic amines) is 1. The molecule has 15 heavy (non-hydrogen) atoms. The Labute approximate surface area is 92.0 Å². The van der Waals surface area contributed by atoms with Gasteiger partial charge >= 0.3 is 0 Å². The summed E-state index contributed by atoms with van der Waals surface area (Å²) in [4.78, 5) is 14.0. The van der Waals surface area contributed by atoms with E-state index in [1.165, 1.54) is 25.7 Å². The second kappa shape index (κ2) is 3.78. The average Bonchev–Trinajstić information content (AvgIpc) is 2.58. The van der Waals surface area contributed by atoms with Gasteiger partial charge in [-0.1, -0.05) is 12.8 Å². The molecule has 1 amide bonds. The van der Waals surface area contributed by atoms with Gasteiger partial charge in [0.25, 0.3) is 0 Å². The summed E-state index contributed by atoms with van der Waals surface area (Å²) >= 11 is 0. The quantitative estimate of drug-likeness (QED) is 0.710. The van der Waals surface area contributed by atoms with Crippen LogP contribution in [0.1, 0.15) is 39.5 Å². The van der Waals surface area contributed by atoms with Crippen molar-refractivity contribution in [3.63, 3.8) is 0 Å². The number of nitrogens with two attached hydrogens (primary N) is 1. The Morgan fingerprint density at radius 3 is 2.07 bits per heavy atom. The first kappa shape index (κ1) is 10.9. The van der Waals surface area contributed by atoms with E-state index in [1.54, 1.807) is 13.8 Å². The number of carbonyl (C=O) groups excluding carboxylic acids is 1. The molecule has 1 saturated heterocycles. The molecular formula is C12H22N2O. The predicted octanol–water partition coefficient (Wildman–Crippen LogP) is 1.37. The highest BCUT2D eigenvalue weighted by molar-refractivity contribution is 5.85. The van der Waals surface area contributed by atoms with Crippen LogP contribution in [-0.2, 0) is 4.79 Å². The van der Waals surface area contributed by atoms with Gasteiger partial charge < -0.3 is 10.6 Å². The van der Waals surface area contributed by atoms with Gasteiger partial charge in [-0.3, -0.25) is 4.79 Å². The van der Waals surface area contributed by atoms with E-state index in [0.717, 1.165) is 24.9 Å². The fourth-order valence-corrected chi connectivity index (χ4v) is 2.98. The van der Waals surface area contributed by atoms with E-state index in [-0.39, 0.29) is 5.91 Å². The van der Waals surface area contributed by atoms with Crippen LogP contribution < -0.4 is 5.73 Å². The third-order valence-corrected chi connectivity index (χ3v) is 3.81. The minimum atomic E-state index is -0.701. The number of nitrogens with zero attached hydrogens (tertiary/aromatic N) is 1. The van der Waals surface area contributed by atoms with Crippen LogP contribution in [0.25, 0.3) is 0 Å². The van der Waals surface area contributed by atoms with Crippen LogP contribution >= 0.6 is 0 Å². The molecule has 3 heteroatoms. The summed E-state index contributed by atoms with van der Waals surface area (Å²) in [6.07, 6.45) is 5.29. The highest BCUT2D eigenvalue weighted by atomic mass is 16.2. The van der Waals surface area contributed by atoms with Crippen LogP contribution in [-0.4, -0.2) is 29.4 Å². The van der Waals surface area contributed by atoms with Crippen LogP contribution in [0.5, 0.6) is 0 Å². The van der Waals surface area contributed by atoms with Crippen LogP contribution in [0.2, 0.25) is 0 Å². The van der Waals surface area contributed by atoms with Crippen molar-refractivity contribution in [2.45, 2.75) is 45.1 Å². The van der Waals surface area contributed by atoms with Crippen molar-refractivity contribution in [1.29, 1.82) is 0 Å². The minimum Gasteiger partial charge on any atom is -0.341 e. The van der Waals surface area contributed by atoms with Crippen LogP contribution in [0, 0.1) is 11.8 Å². The van der Waals surface area contributed by atoms with Gasteiger partial charge in [-0.05, 0) is 38.5 Å². The van der Waals surface area contributed by atoms with E-state index >= 15 is 0 Å². The van der Waals surface area contributed by atoms with Crippen molar-refractivity contribution >= 4 is 5.91 Å².